The van der Waals surface area contributed by atoms with Crippen LogP contribution < -0.4 is 5.56 Å². The third-order valence-corrected chi connectivity index (χ3v) is 4.49. The van der Waals surface area contributed by atoms with Gasteiger partial charge in [-0.2, -0.15) is 0 Å². The maximum Gasteiger partial charge on any atom is 0.250 e. The van der Waals surface area contributed by atoms with E-state index in [2.05, 4.69) is 40.1 Å². The Bertz CT molecular complexity index is 735. The standard InChI is InChI=1S/C18H21BrN2O2/c1-3-4-14(13-5-8-16(19)9-6-13)11-17(20-23)15-7-10-18(22)21(2)12-15/h5-10,12,14,23H,3-4,11H2,1-2H3/b20-17+. The van der Waals surface area contributed by atoms with Crippen molar-refractivity contribution in [3.05, 3.63) is 68.5 Å². The first-order chi connectivity index (χ1) is 11.0. The molecule has 0 bridgehead atoms. The summed E-state index contributed by atoms with van der Waals surface area (Å²) in [6.07, 6.45) is 4.39. The van der Waals surface area contributed by atoms with E-state index >= 15 is 0 Å². The second-order valence-corrected chi connectivity index (χ2v) is 6.57. The van der Waals surface area contributed by atoms with Crippen LogP contribution in [0, 0.1) is 0 Å². The van der Waals surface area contributed by atoms with E-state index in [0.717, 1.165) is 22.9 Å². The lowest BCUT2D eigenvalue weighted by Gasteiger charge is -2.18. The van der Waals surface area contributed by atoms with E-state index < -0.39 is 0 Å². The molecule has 0 aliphatic rings. The summed E-state index contributed by atoms with van der Waals surface area (Å²) in [7, 11) is 1.69. The van der Waals surface area contributed by atoms with E-state index in [0.29, 0.717) is 12.1 Å². The highest BCUT2D eigenvalue weighted by molar-refractivity contribution is 9.10. The van der Waals surface area contributed by atoms with Crippen LogP contribution in [0.1, 0.15) is 43.2 Å². The SMILES string of the molecule is CCCC(C/C(=N\O)c1ccc(=O)n(C)c1)c1ccc(Br)cc1. The minimum Gasteiger partial charge on any atom is -0.411 e. The molecule has 0 aliphatic carbocycles. The lowest BCUT2D eigenvalue weighted by atomic mass is 9.88. The Balaban J connectivity index is 2.27. The average Bonchev–Trinajstić information content (AvgIpc) is 2.55. The van der Waals surface area contributed by atoms with Crippen molar-refractivity contribution in [2.45, 2.75) is 32.1 Å². The topological polar surface area (TPSA) is 54.6 Å². The van der Waals surface area contributed by atoms with Gasteiger partial charge < -0.3 is 9.77 Å². The first-order valence-electron chi connectivity index (χ1n) is 7.68. The molecule has 1 unspecified atom stereocenters. The summed E-state index contributed by atoms with van der Waals surface area (Å²) in [6.45, 7) is 2.15. The van der Waals surface area contributed by atoms with Crippen molar-refractivity contribution in [1.29, 1.82) is 0 Å². The maximum absolute atomic E-state index is 11.5. The third kappa shape index (κ3) is 4.55. The van der Waals surface area contributed by atoms with Crippen molar-refractivity contribution < 1.29 is 5.21 Å². The molecule has 1 aromatic heterocycles. The second-order valence-electron chi connectivity index (χ2n) is 5.65. The number of hydrogen-bond donors (Lipinski definition) is 1. The molecule has 0 saturated carbocycles. The molecule has 122 valence electrons. The highest BCUT2D eigenvalue weighted by Crippen LogP contribution is 2.28. The molecule has 0 radical (unpaired) electrons. The average molecular weight is 377 g/mol. The van der Waals surface area contributed by atoms with Crippen LogP contribution in [0.3, 0.4) is 0 Å². The summed E-state index contributed by atoms with van der Waals surface area (Å²) in [4.78, 5) is 11.5. The lowest BCUT2D eigenvalue weighted by Crippen LogP contribution is -2.18. The normalized spacial score (nSPS) is 13.1. The molecule has 2 rings (SSSR count). The molecule has 0 fully saturated rings. The van der Waals surface area contributed by atoms with Crippen molar-refractivity contribution in [3.8, 4) is 0 Å². The smallest absolute Gasteiger partial charge is 0.250 e. The van der Waals surface area contributed by atoms with Crippen LogP contribution in [0.2, 0.25) is 0 Å². The van der Waals surface area contributed by atoms with Gasteiger partial charge in [-0.1, -0.05) is 46.6 Å². The van der Waals surface area contributed by atoms with Gasteiger partial charge in [-0.15, -0.1) is 0 Å². The zero-order chi connectivity index (χ0) is 16.8. The number of rotatable bonds is 6. The summed E-state index contributed by atoms with van der Waals surface area (Å²) < 4.78 is 2.54. The summed E-state index contributed by atoms with van der Waals surface area (Å²) in [5.41, 5.74) is 2.51. The van der Waals surface area contributed by atoms with Crippen LogP contribution >= 0.6 is 15.9 Å². The van der Waals surface area contributed by atoms with Crippen molar-refractivity contribution in [1.82, 2.24) is 4.57 Å². The maximum atomic E-state index is 11.5. The molecular weight excluding hydrogens is 356 g/mol. The van der Waals surface area contributed by atoms with E-state index in [4.69, 9.17) is 0 Å². The zero-order valence-electron chi connectivity index (χ0n) is 13.4. The largest absolute Gasteiger partial charge is 0.411 e. The molecule has 4 nitrogen and oxygen atoms in total. The molecular formula is C18H21BrN2O2. The van der Waals surface area contributed by atoms with E-state index in [9.17, 15) is 10.0 Å². The molecule has 1 atom stereocenters. The van der Waals surface area contributed by atoms with Gasteiger partial charge in [0.05, 0.1) is 5.71 Å². The van der Waals surface area contributed by atoms with E-state index in [1.807, 2.05) is 12.1 Å². The molecule has 0 aliphatic heterocycles. The molecule has 23 heavy (non-hydrogen) atoms. The Labute approximate surface area is 144 Å². The summed E-state index contributed by atoms with van der Waals surface area (Å²) in [6, 6.07) is 11.5. The fraction of sp³-hybridized carbons (Fsp3) is 0.333. The van der Waals surface area contributed by atoms with Gasteiger partial charge in [0, 0.05) is 35.8 Å². The van der Waals surface area contributed by atoms with E-state index in [-0.39, 0.29) is 11.5 Å². The quantitative estimate of drug-likeness (QED) is 0.464. The fourth-order valence-corrected chi connectivity index (χ4v) is 2.95. The Morgan fingerprint density at radius 2 is 1.96 bits per heavy atom. The number of nitrogens with zero attached hydrogens (tertiary/aromatic N) is 2. The second kappa shape index (κ2) is 8.11. The van der Waals surface area contributed by atoms with Crippen LogP contribution in [0.4, 0.5) is 0 Å². The molecule has 2 aromatic rings. The first-order valence-corrected chi connectivity index (χ1v) is 8.48. The Morgan fingerprint density at radius 1 is 1.26 bits per heavy atom. The minimum atomic E-state index is -0.0796. The molecule has 5 heteroatoms. The van der Waals surface area contributed by atoms with Crippen LogP contribution in [0.5, 0.6) is 0 Å². The number of oxime groups is 1. The minimum absolute atomic E-state index is 0.0796. The number of hydrogen-bond acceptors (Lipinski definition) is 3. The predicted octanol–water partition coefficient (Wildman–Crippen LogP) is 4.30. The number of aryl methyl sites for hydroxylation is 1. The van der Waals surface area contributed by atoms with Crippen molar-refractivity contribution >= 4 is 21.6 Å². The predicted molar refractivity (Wildman–Crippen MR) is 96.4 cm³/mol. The van der Waals surface area contributed by atoms with Gasteiger partial charge in [-0.05, 0) is 36.1 Å². The van der Waals surface area contributed by atoms with Crippen LogP contribution in [-0.4, -0.2) is 15.5 Å². The van der Waals surface area contributed by atoms with E-state index in [1.165, 1.54) is 16.2 Å². The van der Waals surface area contributed by atoms with Crippen LogP contribution in [0.15, 0.2) is 57.0 Å². The van der Waals surface area contributed by atoms with Crippen molar-refractivity contribution in [2.75, 3.05) is 0 Å². The highest BCUT2D eigenvalue weighted by Gasteiger charge is 2.16. The van der Waals surface area contributed by atoms with Crippen molar-refractivity contribution in [2.24, 2.45) is 12.2 Å². The number of aromatic nitrogens is 1. The molecule has 1 heterocycles. The summed E-state index contributed by atoms with van der Waals surface area (Å²) in [5, 5.41) is 12.9. The summed E-state index contributed by atoms with van der Waals surface area (Å²) >= 11 is 3.45. The van der Waals surface area contributed by atoms with Crippen LogP contribution in [-0.2, 0) is 7.05 Å². The monoisotopic (exact) mass is 376 g/mol. The van der Waals surface area contributed by atoms with Gasteiger partial charge in [-0.3, -0.25) is 4.79 Å². The molecule has 0 spiro atoms. The Hall–Kier alpha value is -1.88. The lowest BCUT2D eigenvalue weighted by molar-refractivity contribution is 0.317. The fourth-order valence-electron chi connectivity index (χ4n) is 2.68. The zero-order valence-corrected chi connectivity index (χ0v) is 15.0. The summed E-state index contributed by atoms with van der Waals surface area (Å²) in [5.74, 6) is 0.274. The molecule has 0 saturated heterocycles. The molecule has 0 amide bonds. The van der Waals surface area contributed by atoms with Gasteiger partial charge in [0.25, 0.3) is 0 Å². The van der Waals surface area contributed by atoms with Crippen LogP contribution in [0.25, 0.3) is 0 Å². The van der Waals surface area contributed by atoms with Gasteiger partial charge in [0.1, 0.15) is 0 Å². The number of pyridine rings is 1. The van der Waals surface area contributed by atoms with E-state index in [1.54, 1.807) is 19.3 Å². The Kier molecular flexibility index (Phi) is 6.16. The molecule has 1 aromatic carbocycles. The molecule has 1 N–H and O–H groups in total. The number of halogens is 1. The van der Waals surface area contributed by atoms with Gasteiger partial charge in [0.2, 0.25) is 5.56 Å². The third-order valence-electron chi connectivity index (χ3n) is 3.96. The Morgan fingerprint density at radius 3 is 2.52 bits per heavy atom. The van der Waals surface area contributed by atoms with Gasteiger partial charge in [0.15, 0.2) is 0 Å². The first kappa shape index (κ1) is 17.5. The number of benzene rings is 1. The highest BCUT2D eigenvalue weighted by atomic mass is 79.9. The van der Waals surface area contributed by atoms with Gasteiger partial charge >= 0.3 is 0 Å². The van der Waals surface area contributed by atoms with Crippen molar-refractivity contribution in [3.63, 3.8) is 0 Å². The van der Waals surface area contributed by atoms with Gasteiger partial charge in [-0.25, -0.2) is 0 Å².